The normalized spacial score (nSPS) is 28.7. The molecule has 1 atom stereocenters. The Bertz CT molecular complexity index is 227. The highest BCUT2D eigenvalue weighted by atomic mass is 16.2. The molecule has 0 aliphatic carbocycles. The highest BCUT2D eigenvalue weighted by Gasteiger charge is 2.44. The third kappa shape index (κ3) is 0.988. The fourth-order valence-electron chi connectivity index (χ4n) is 1.32. The Hall–Kier alpha value is -1.04. The highest BCUT2D eigenvalue weighted by Crippen LogP contribution is 2.33. The molecule has 3 nitrogen and oxygen atoms in total. The summed E-state index contributed by atoms with van der Waals surface area (Å²) >= 11 is 0. The summed E-state index contributed by atoms with van der Waals surface area (Å²) in [5, 5.41) is 8.71. The summed E-state index contributed by atoms with van der Waals surface area (Å²) < 4.78 is 0. The fourth-order valence-corrected chi connectivity index (χ4v) is 1.32. The molecule has 1 aliphatic heterocycles. The van der Waals surface area contributed by atoms with Gasteiger partial charge in [-0.2, -0.15) is 5.26 Å². The number of hydrogen-bond acceptors (Lipinski definition) is 2. The van der Waals surface area contributed by atoms with Crippen molar-refractivity contribution >= 4 is 5.91 Å². The van der Waals surface area contributed by atoms with Crippen molar-refractivity contribution < 1.29 is 4.79 Å². The van der Waals surface area contributed by atoms with Gasteiger partial charge in [-0.05, 0) is 13.8 Å². The molecule has 1 rings (SSSR count). The van der Waals surface area contributed by atoms with Crippen molar-refractivity contribution in [2.45, 2.75) is 25.8 Å². The van der Waals surface area contributed by atoms with Gasteiger partial charge >= 0.3 is 0 Å². The molecule has 1 saturated heterocycles. The molecule has 3 heteroatoms. The molecule has 1 aliphatic rings. The van der Waals surface area contributed by atoms with Gasteiger partial charge in [0.1, 0.15) is 0 Å². The van der Waals surface area contributed by atoms with Crippen LogP contribution in [0.4, 0.5) is 0 Å². The van der Waals surface area contributed by atoms with E-state index >= 15 is 0 Å². The van der Waals surface area contributed by atoms with Crippen LogP contribution >= 0.6 is 0 Å². The Balaban J connectivity index is 2.93. The van der Waals surface area contributed by atoms with E-state index in [2.05, 4.69) is 6.07 Å². The van der Waals surface area contributed by atoms with Crippen molar-refractivity contribution in [3.63, 3.8) is 0 Å². The van der Waals surface area contributed by atoms with Crippen LogP contribution in [0.3, 0.4) is 0 Å². The largest absolute Gasteiger partial charge is 0.339 e. The van der Waals surface area contributed by atoms with Gasteiger partial charge in [0.2, 0.25) is 5.91 Å². The maximum absolute atomic E-state index is 11.1. The van der Waals surface area contributed by atoms with Crippen molar-refractivity contribution in [3.8, 4) is 6.07 Å². The lowest BCUT2D eigenvalue weighted by atomic mass is 9.90. The van der Waals surface area contributed by atoms with E-state index in [1.807, 2.05) is 13.8 Å². The molecule has 1 fully saturated rings. The van der Waals surface area contributed by atoms with Gasteiger partial charge in [-0.25, -0.2) is 0 Å². The lowest BCUT2D eigenvalue weighted by Gasteiger charge is -2.29. The molecule has 0 saturated carbocycles. The minimum absolute atomic E-state index is 0.0709. The average molecular weight is 152 g/mol. The average Bonchev–Trinajstić information content (AvgIpc) is 2.13. The Labute approximate surface area is 66.6 Å². The summed E-state index contributed by atoms with van der Waals surface area (Å²) in [4.78, 5) is 12.8. The zero-order valence-corrected chi connectivity index (χ0v) is 7.09. The van der Waals surface area contributed by atoms with Crippen LogP contribution in [0, 0.1) is 17.2 Å². The molecular weight excluding hydrogens is 140 g/mol. The molecule has 0 bridgehead atoms. The number of likely N-dealkylation sites (tertiary alicyclic amines) is 1. The van der Waals surface area contributed by atoms with Crippen molar-refractivity contribution in [1.29, 1.82) is 5.26 Å². The van der Waals surface area contributed by atoms with Crippen molar-refractivity contribution in [1.82, 2.24) is 4.90 Å². The van der Waals surface area contributed by atoms with Gasteiger partial charge in [-0.15, -0.1) is 0 Å². The lowest BCUT2D eigenvalue weighted by Crippen LogP contribution is -2.40. The van der Waals surface area contributed by atoms with Crippen LogP contribution in [0.1, 0.15) is 20.3 Å². The number of carbonyl (C=O) groups excluding carboxylic acids is 1. The van der Waals surface area contributed by atoms with Crippen molar-refractivity contribution in [3.05, 3.63) is 0 Å². The molecule has 0 aromatic carbocycles. The number of rotatable bonds is 0. The summed E-state index contributed by atoms with van der Waals surface area (Å²) in [7, 11) is 1.75. The summed E-state index contributed by atoms with van der Waals surface area (Å²) in [6.45, 7) is 3.84. The SMILES string of the molecule is CN1C(=O)CC(C#N)C1(C)C. The first-order valence-corrected chi connectivity index (χ1v) is 3.66. The van der Waals surface area contributed by atoms with E-state index in [-0.39, 0.29) is 17.4 Å². The molecule has 0 radical (unpaired) electrons. The molecule has 0 aromatic heterocycles. The maximum Gasteiger partial charge on any atom is 0.224 e. The third-order valence-electron chi connectivity index (χ3n) is 2.63. The first-order chi connectivity index (χ1) is 5.00. The summed E-state index contributed by atoms with van der Waals surface area (Å²) in [5.74, 6) is -0.0819. The van der Waals surface area contributed by atoms with E-state index in [0.717, 1.165) is 0 Å². The first-order valence-electron chi connectivity index (χ1n) is 3.66. The summed E-state index contributed by atoms with van der Waals surface area (Å²) in [6.07, 6.45) is 0.375. The van der Waals surface area contributed by atoms with Gasteiger partial charge < -0.3 is 4.90 Å². The van der Waals surface area contributed by atoms with E-state index in [9.17, 15) is 4.79 Å². The van der Waals surface area contributed by atoms with Gasteiger partial charge in [-0.1, -0.05) is 0 Å². The van der Waals surface area contributed by atoms with Crippen LogP contribution in [-0.2, 0) is 4.79 Å². The molecule has 1 amide bonds. The molecule has 0 aromatic rings. The predicted octanol–water partition coefficient (Wildman–Crippen LogP) is 0.767. The van der Waals surface area contributed by atoms with Crippen LogP contribution < -0.4 is 0 Å². The van der Waals surface area contributed by atoms with Crippen LogP contribution in [0.2, 0.25) is 0 Å². The second kappa shape index (κ2) is 2.23. The summed E-state index contributed by atoms with van der Waals surface area (Å²) in [5.41, 5.74) is -0.286. The lowest BCUT2D eigenvalue weighted by molar-refractivity contribution is -0.128. The monoisotopic (exact) mass is 152 g/mol. The number of hydrogen-bond donors (Lipinski definition) is 0. The molecule has 11 heavy (non-hydrogen) atoms. The maximum atomic E-state index is 11.1. The van der Waals surface area contributed by atoms with Crippen molar-refractivity contribution in [2.75, 3.05) is 7.05 Å². The second-order valence-electron chi connectivity index (χ2n) is 3.49. The van der Waals surface area contributed by atoms with Gasteiger partial charge in [0.05, 0.1) is 17.5 Å². The van der Waals surface area contributed by atoms with E-state index in [1.165, 1.54) is 0 Å². The standard InChI is InChI=1S/C8H12N2O/c1-8(2)6(5-9)4-7(11)10(8)3/h6H,4H2,1-3H3. The number of nitrogens with zero attached hydrogens (tertiary/aromatic N) is 2. The topological polar surface area (TPSA) is 44.1 Å². The molecule has 60 valence electrons. The van der Waals surface area contributed by atoms with Crippen LogP contribution in [-0.4, -0.2) is 23.4 Å². The Kier molecular flexibility index (Phi) is 1.63. The number of nitriles is 1. The minimum atomic E-state index is -0.286. The van der Waals surface area contributed by atoms with Crippen LogP contribution in [0.15, 0.2) is 0 Å². The number of amides is 1. The minimum Gasteiger partial charge on any atom is -0.339 e. The summed E-state index contributed by atoms with van der Waals surface area (Å²) in [6, 6.07) is 2.15. The van der Waals surface area contributed by atoms with Gasteiger partial charge in [0.15, 0.2) is 0 Å². The second-order valence-corrected chi connectivity index (χ2v) is 3.49. The van der Waals surface area contributed by atoms with Crippen LogP contribution in [0.5, 0.6) is 0 Å². The van der Waals surface area contributed by atoms with E-state index in [4.69, 9.17) is 5.26 Å². The quantitative estimate of drug-likeness (QED) is 0.514. The smallest absolute Gasteiger partial charge is 0.224 e. The van der Waals surface area contributed by atoms with Gasteiger partial charge in [-0.3, -0.25) is 4.79 Å². The molecule has 1 heterocycles. The highest BCUT2D eigenvalue weighted by molar-refractivity contribution is 5.80. The molecule has 0 spiro atoms. The molecular formula is C8H12N2O. The fraction of sp³-hybridized carbons (Fsp3) is 0.750. The van der Waals surface area contributed by atoms with E-state index in [1.54, 1.807) is 11.9 Å². The number of carbonyl (C=O) groups is 1. The molecule has 0 N–H and O–H groups in total. The zero-order chi connectivity index (χ0) is 8.65. The predicted molar refractivity (Wildman–Crippen MR) is 40.6 cm³/mol. The van der Waals surface area contributed by atoms with Gasteiger partial charge in [0.25, 0.3) is 0 Å². The van der Waals surface area contributed by atoms with E-state index < -0.39 is 0 Å². The molecule has 1 unspecified atom stereocenters. The van der Waals surface area contributed by atoms with Crippen LogP contribution in [0.25, 0.3) is 0 Å². The Morgan fingerprint density at radius 1 is 1.73 bits per heavy atom. The third-order valence-corrected chi connectivity index (χ3v) is 2.63. The zero-order valence-electron chi connectivity index (χ0n) is 7.09. The van der Waals surface area contributed by atoms with Crippen molar-refractivity contribution in [2.24, 2.45) is 5.92 Å². The van der Waals surface area contributed by atoms with E-state index in [0.29, 0.717) is 6.42 Å². The first kappa shape index (κ1) is 8.06. The Morgan fingerprint density at radius 3 is 2.45 bits per heavy atom. The Morgan fingerprint density at radius 2 is 2.27 bits per heavy atom. The van der Waals surface area contributed by atoms with Gasteiger partial charge in [0, 0.05) is 13.5 Å².